The van der Waals surface area contributed by atoms with Crippen molar-refractivity contribution in [2.45, 2.75) is 13.0 Å². The minimum Gasteiger partial charge on any atom is -0.351 e. The maximum absolute atomic E-state index is 14.0. The van der Waals surface area contributed by atoms with Crippen LogP contribution in [0.4, 0.5) is 14.5 Å². The van der Waals surface area contributed by atoms with Crippen LogP contribution < -0.4 is 10.2 Å². The van der Waals surface area contributed by atoms with Gasteiger partial charge in [0.1, 0.15) is 11.6 Å². The predicted octanol–water partition coefficient (Wildman–Crippen LogP) is 5.94. The molecule has 0 bridgehead atoms. The number of anilines is 1. The molecule has 1 N–H and O–H groups in total. The van der Waals surface area contributed by atoms with Crippen molar-refractivity contribution < 1.29 is 13.3 Å². The smallest absolute Gasteiger partial charge is 0.258 e. The maximum atomic E-state index is 14.0. The summed E-state index contributed by atoms with van der Waals surface area (Å²) >= 11 is 7.13. The van der Waals surface area contributed by atoms with Gasteiger partial charge in [-0.2, -0.15) is 4.98 Å². The highest BCUT2D eigenvalue weighted by molar-refractivity contribution is 7.80. The van der Waals surface area contributed by atoms with Gasteiger partial charge in [-0.3, -0.25) is 4.90 Å². The van der Waals surface area contributed by atoms with Crippen LogP contribution in [0.5, 0.6) is 0 Å². The molecular weight excluding hydrogens is 450 g/mol. The number of benzene rings is 2. The molecule has 3 heterocycles. The Morgan fingerprint density at radius 2 is 1.88 bits per heavy atom. The van der Waals surface area contributed by atoms with Crippen LogP contribution in [0.15, 0.2) is 76.3 Å². The highest BCUT2D eigenvalue weighted by Crippen LogP contribution is 2.39. The summed E-state index contributed by atoms with van der Waals surface area (Å²) in [6.07, 6.45) is 0. The van der Waals surface area contributed by atoms with E-state index in [1.54, 1.807) is 29.2 Å². The third-order valence-corrected chi connectivity index (χ3v) is 6.32. The van der Waals surface area contributed by atoms with Crippen molar-refractivity contribution in [1.29, 1.82) is 0 Å². The highest BCUT2D eigenvalue weighted by Gasteiger charge is 2.35. The molecule has 5 nitrogen and oxygen atoms in total. The van der Waals surface area contributed by atoms with Crippen LogP contribution in [-0.2, 0) is 0 Å². The van der Waals surface area contributed by atoms with Crippen LogP contribution in [0.25, 0.3) is 16.3 Å². The van der Waals surface area contributed by atoms with Gasteiger partial charge in [0.25, 0.3) is 5.89 Å². The Bertz CT molecular complexity index is 1320. The average molecular weight is 467 g/mol. The Morgan fingerprint density at radius 3 is 2.59 bits per heavy atom. The molecular formula is C23H16F2N4OS2. The molecule has 0 radical (unpaired) electrons. The highest BCUT2D eigenvalue weighted by atomic mass is 32.1. The lowest BCUT2D eigenvalue weighted by molar-refractivity contribution is 0.404. The molecule has 5 rings (SSSR count). The summed E-state index contributed by atoms with van der Waals surface area (Å²) in [7, 11) is 0. The second kappa shape index (κ2) is 8.25. The SMILES string of the molecule is CC1=C(c2nc(-c3cccs3)no2)C(c2ccc(F)cc2)NC(=S)N1c1cccc(F)c1. The largest absolute Gasteiger partial charge is 0.351 e. The number of thiocarbonyl (C=S) groups is 1. The average Bonchev–Trinajstić information content (AvgIpc) is 3.46. The molecule has 1 aliphatic rings. The first-order valence-corrected chi connectivity index (χ1v) is 11.0. The molecule has 0 fully saturated rings. The van der Waals surface area contributed by atoms with Crippen molar-refractivity contribution in [2.75, 3.05) is 4.90 Å². The van der Waals surface area contributed by atoms with Crippen molar-refractivity contribution in [2.24, 2.45) is 0 Å². The first kappa shape index (κ1) is 20.5. The van der Waals surface area contributed by atoms with Gasteiger partial charge in [0.05, 0.1) is 22.2 Å². The number of nitrogens with one attached hydrogen (secondary N) is 1. The third-order valence-electron chi connectivity index (χ3n) is 5.15. The number of hydrogen-bond acceptors (Lipinski definition) is 5. The second-order valence-corrected chi connectivity index (χ2v) is 8.48. The van der Waals surface area contributed by atoms with Gasteiger partial charge >= 0.3 is 0 Å². The molecule has 0 amide bonds. The van der Waals surface area contributed by atoms with Crippen molar-refractivity contribution >= 4 is 39.9 Å². The van der Waals surface area contributed by atoms with Crippen molar-refractivity contribution in [3.8, 4) is 10.7 Å². The van der Waals surface area contributed by atoms with E-state index in [1.807, 2.05) is 24.4 Å². The lowest BCUT2D eigenvalue weighted by Gasteiger charge is -2.37. The standard InChI is InChI=1S/C23H16F2N4OS2/c1-13-19(22-27-21(28-30-22)18-6-3-11-32-18)20(14-7-9-15(24)10-8-14)26-23(31)29(13)17-5-2-4-16(25)12-17/h2-12,20H,1H3,(H,26,31). The van der Waals surface area contributed by atoms with E-state index >= 15 is 0 Å². The lowest BCUT2D eigenvalue weighted by Crippen LogP contribution is -2.46. The third kappa shape index (κ3) is 3.69. The molecule has 1 atom stereocenters. The van der Waals surface area contributed by atoms with E-state index in [4.69, 9.17) is 16.7 Å². The Balaban J connectivity index is 1.67. The first-order valence-electron chi connectivity index (χ1n) is 9.71. The number of nitrogens with zero attached hydrogens (tertiary/aromatic N) is 3. The second-order valence-electron chi connectivity index (χ2n) is 7.15. The zero-order valence-electron chi connectivity index (χ0n) is 16.8. The minimum atomic E-state index is -0.454. The Kier molecular flexibility index (Phi) is 5.28. The number of thiophene rings is 1. The Hall–Kier alpha value is -3.43. The summed E-state index contributed by atoms with van der Waals surface area (Å²) in [5.74, 6) is 0.0573. The number of hydrogen-bond donors (Lipinski definition) is 1. The van der Waals surface area contributed by atoms with Gasteiger partial charge in [-0.25, -0.2) is 8.78 Å². The van der Waals surface area contributed by atoms with Gasteiger partial charge < -0.3 is 9.84 Å². The summed E-state index contributed by atoms with van der Waals surface area (Å²) in [5, 5.41) is 9.72. The topological polar surface area (TPSA) is 54.2 Å². The van der Waals surface area contributed by atoms with Gasteiger partial charge in [-0.05, 0) is 66.5 Å². The monoisotopic (exact) mass is 466 g/mol. The van der Waals surface area contributed by atoms with Crippen LogP contribution in [0, 0.1) is 11.6 Å². The predicted molar refractivity (Wildman–Crippen MR) is 124 cm³/mol. The fourth-order valence-electron chi connectivity index (χ4n) is 3.69. The fraction of sp³-hybridized carbons (Fsp3) is 0.0870. The first-order chi connectivity index (χ1) is 15.5. The molecule has 4 aromatic rings. The number of aromatic nitrogens is 2. The van der Waals surface area contributed by atoms with Crippen molar-refractivity contribution in [3.05, 3.63) is 94.8 Å². The molecule has 2 aromatic carbocycles. The van der Waals surface area contributed by atoms with Gasteiger partial charge in [0, 0.05) is 5.70 Å². The van der Waals surface area contributed by atoms with Crippen LogP contribution in [0.3, 0.4) is 0 Å². The lowest BCUT2D eigenvalue weighted by atomic mass is 9.94. The number of rotatable bonds is 4. The zero-order valence-corrected chi connectivity index (χ0v) is 18.4. The van der Waals surface area contributed by atoms with E-state index in [0.717, 1.165) is 10.4 Å². The fourth-order valence-corrected chi connectivity index (χ4v) is 4.70. The summed E-state index contributed by atoms with van der Waals surface area (Å²) in [4.78, 5) is 7.21. The van der Waals surface area contributed by atoms with Crippen molar-refractivity contribution in [1.82, 2.24) is 15.5 Å². The van der Waals surface area contributed by atoms with E-state index < -0.39 is 6.04 Å². The minimum absolute atomic E-state index is 0.302. The Morgan fingerprint density at radius 1 is 1.06 bits per heavy atom. The Labute approximate surface area is 192 Å². The summed E-state index contributed by atoms with van der Waals surface area (Å²) in [6.45, 7) is 1.86. The summed E-state index contributed by atoms with van der Waals surface area (Å²) in [6, 6.07) is 15.6. The molecule has 2 aromatic heterocycles. The molecule has 32 heavy (non-hydrogen) atoms. The van der Waals surface area contributed by atoms with E-state index in [1.165, 1.54) is 35.6 Å². The molecule has 0 saturated heterocycles. The summed E-state index contributed by atoms with van der Waals surface area (Å²) in [5.41, 5.74) is 2.71. The van der Waals surface area contributed by atoms with E-state index in [0.29, 0.717) is 33.8 Å². The van der Waals surface area contributed by atoms with Crippen LogP contribution >= 0.6 is 23.6 Å². The quantitative estimate of drug-likeness (QED) is 0.376. The molecule has 0 aliphatic carbocycles. The van der Waals surface area contributed by atoms with E-state index in [2.05, 4.69) is 15.5 Å². The molecule has 9 heteroatoms. The normalized spacial score (nSPS) is 16.4. The van der Waals surface area contributed by atoms with Crippen LogP contribution in [0.1, 0.15) is 24.4 Å². The molecule has 0 saturated carbocycles. The van der Waals surface area contributed by atoms with Crippen LogP contribution in [0.2, 0.25) is 0 Å². The van der Waals surface area contributed by atoms with Crippen molar-refractivity contribution in [3.63, 3.8) is 0 Å². The molecule has 1 unspecified atom stereocenters. The van der Waals surface area contributed by atoms with Gasteiger partial charge in [-0.15, -0.1) is 11.3 Å². The van der Waals surface area contributed by atoms with Gasteiger partial charge in [-0.1, -0.05) is 29.4 Å². The van der Waals surface area contributed by atoms with E-state index in [-0.39, 0.29) is 11.6 Å². The van der Waals surface area contributed by atoms with E-state index in [9.17, 15) is 8.78 Å². The zero-order chi connectivity index (χ0) is 22.2. The summed E-state index contributed by atoms with van der Waals surface area (Å²) < 4.78 is 33.2. The van der Waals surface area contributed by atoms with Crippen LogP contribution in [-0.4, -0.2) is 15.3 Å². The molecule has 160 valence electrons. The number of allylic oxidation sites excluding steroid dienone is 1. The van der Waals surface area contributed by atoms with Gasteiger partial charge in [0.15, 0.2) is 5.11 Å². The molecule has 0 spiro atoms. The maximum Gasteiger partial charge on any atom is 0.258 e. The van der Waals surface area contributed by atoms with Gasteiger partial charge in [0.2, 0.25) is 5.82 Å². The number of halogens is 2. The molecule has 1 aliphatic heterocycles.